The SMILES string of the molecule is CC(=O)OC(=O)CCCCCCCC=O. The van der Waals surface area contributed by atoms with Crippen LogP contribution in [-0.2, 0) is 19.1 Å². The minimum Gasteiger partial charge on any atom is -0.393 e. The molecule has 0 heterocycles. The summed E-state index contributed by atoms with van der Waals surface area (Å²) in [7, 11) is 0. The number of carbonyl (C=O) groups excluding carboxylic acids is 3. The van der Waals surface area contributed by atoms with E-state index in [9.17, 15) is 14.4 Å². The Balaban J connectivity index is 3.20. The molecule has 0 aromatic heterocycles. The Morgan fingerprint density at radius 1 is 1.07 bits per heavy atom. The quantitative estimate of drug-likeness (QED) is 0.268. The second-order valence-corrected chi connectivity index (χ2v) is 3.44. The van der Waals surface area contributed by atoms with Gasteiger partial charge in [0.2, 0.25) is 0 Å². The molecule has 0 amide bonds. The first-order chi connectivity index (χ1) is 7.16. The minimum absolute atomic E-state index is 0.299. The predicted octanol–water partition coefficient (Wildman–Crippen LogP) is 2.01. The van der Waals surface area contributed by atoms with Crippen LogP contribution in [0.2, 0.25) is 0 Å². The molecule has 4 nitrogen and oxygen atoms in total. The van der Waals surface area contributed by atoms with Crippen LogP contribution in [0, 0.1) is 0 Å². The zero-order valence-electron chi connectivity index (χ0n) is 9.16. The molecule has 4 heteroatoms. The Hall–Kier alpha value is -1.19. The summed E-state index contributed by atoms with van der Waals surface area (Å²) in [6, 6.07) is 0. The molecule has 0 unspecified atom stereocenters. The molecule has 0 aromatic carbocycles. The molecule has 0 bridgehead atoms. The van der Waals surface area contributed by atoms with Crippen molar-refractivity contribution in [1.29, 1.82) is 0 Å². The molecule has 0 rings (SSSR count). The Kier molecular flexibility index (Phi) is 8.63. The summed E-state index contributed by atoms with van der Waals surface area (Å²) in [5.74, 6) is -0.999. The second-order valence-electron chi connectivity index (χ2n) is 3.44. The van der Waals surface area contributed by atoms with Gasteiger partial charge in [0.1, 0.15) is 6.29 Å². The maximum atomic E-state index is 10.9. The van der Waals surface area contributed by atoms with Crippen molar-refractivity contribution < 1.29 is 19.1 Å². The number of rotatable bonds is 8. The molecule has 0 fully saturated rings. The van der Waals surface area contributed by atoms with Gasteiger partial charge in [0, 0.05) is 19.8 Å². The zero-order valence-corrected chi connectivity index (χ0v) is 9.16. The number of ether oxygens (including phenoxy) is 1. The third-order valence-corrected chi connectivity index (χ3v) is 1.96. The van der Waals surface area contributed by atoms with Crippen molar-refractivity contribution in [2.45, 2.75) is 51.9 Å². The van der Waals surface area contributed by atoms with Crippen molar-refractivity contribution in [2.24, 2.45) is 0 Å². The summed E-state index contributed by atoms with van der Waals surface area (Å²) in [6.45, 7) is 1.22. The summed E-state index contributed by atoms with van der Waals surface area (Å²) in [5.41, 5.74) is 0. The van der Waals surface area contributed by atoms with Gasteiger partial charge in [-0.2, -0.15) is 0 Å². The number of aldehydes is 1. The summed E-state index contributed by atoms with van der Waals surface area (Å²) < 4.78 is 4.37. The Morgan fingerprint density at radius 2 is 1.67 bits per heavy atom. The molecule has 0 radical (unpaired) electrons. The monoisotopic (exact) mass is 214 g/mol. The summed E-state index contributed by atoms with van der Waals surface area (Å²) in [6.07, 6.45) is 6.46. The normalized spacial score (nSPS) is 9.67. The first-order valence-electron chi connectivity index (χ1n) is 5.31. The van der Waals surface area contributed by atoms with Crippen LogP contribution in [0.25, 0.3) is 0 Å². The molecule has 0 aliphatic rings. The molecule has 0 aliphatic carbocycles. The lowest BCUT2D eigenvalue weighted by Gasteiger charge is -2.00. The summed E-state index contributed by atoms with van der Waals surface area (Å²) >= 11 is 0. The van der Waals surface area contributed by atoms with E-state index in [1.54, 1.807) is 0 Å². The highest BCUT2D eigenvalue weighted by Crippen LogP contribution is 2.07. The van der Waals surface area contributed by atoms with E-state index in [2.05, 4.69) is 4.74 Å². The van der Waals surface area contributed by atoms with Crippen LogP contribution in [0.15, 0.2) is 0 Å². The lowest BCUT2D eigenvalue weighted by atomic mass is 10.1. The highest BCUT2D eigenvalue weighted by Gasteiger charge is 2.04. The number of carbonyl (C=O) groups is 3. The highest BCUT2D eigenvalue weighted by atomic mass is 16.6. The maximum Gasteiger partial charge on any atom is 0.313 e. The van der Waals surface area contributed by atoms with E-state index < -0.39 is 11.9 Å². The number of hydrogen-bond donors (Lipinski definition) is 0. The second kappa shape index (κ2) is 9.37. The van der Waals surface area contributed by atoms with Crippen LogP contribution in [-0.4, -0.2) is 18.2 Å². The van der Waals surface area contributed by atoms with Crippen LogP contribution < -0.4 is 0 Å². The molecule has 0 spiro atoms. The molecular weight excluding hydrogens is 196 g/mol. The van der Waals surface area contributed by atoms with E-state index in [0.29, 0.717) is 12.8 Å². The van der Waals surface area contributed by atoms with Crippen molar-refractivity contribution in [3.8, 4) is 0 Å². The average Bonchev–Trinajstić information content (AvgIpc) is 2.15. The zero-order chi connectivity index (χ0) is 11.5. The summed E-state index contributed by atoms with van der Waals surface area (Å²) in [4.78, 5) is 31.3. The van der Waals surface area contributed by atoms with Crippen LogP contribution in [0.4, 0.5) is 0 Å². The van der Waals surface area contributed by atoms with Crippen molar-refractivity contribution in [1.82, 2.24) is 0 Å². The van der Waals surface area contributed by atoms with Crippen molar-refractivity contribution >= 4 is 18.2 Å². The van der Waals surface area contributed by atoms with Crippen molar-refractivity contribution in [3.05, 3.63) is 0 Å². The van der Waals surface area contributed by atoms with E-state index in [1.807, 2.05) is 0 Å². The molecule has 0 aromatic rings. The predicted molar refractivity (Wildman–Crippen MR) is 55.2 cm³/mol. The number of hydrogen-bond acceptors (Lipinski definition) is 4. The van der Waals surface area contributed by atoms with Crippen molar-refractivity contribution in [3.63, 3.8) is 0 Å². The molecule has 86 valence electrons. The van der Waals surface area contributed by atoms with Crippen LogP contribution in [0.1, 0.15) is 51.9 Å². The van der Waals surface area contributed by atoms with Crippen LogP contribution in [0.5, 0.6) is 0 Å². The average molecular weight is 214 g/mol. The van der Waals surface area contributed by atoms with Gasteiger partial charge in [-0.1, -0.05) is 19.3 Å². The van der Waals surface area contributed by atoms with Gasteiger partial charge in [0.05, 0.1) is 0 Å². The Morgan fingerprint density at radius 3 is 2.27 bits per heavy atom. The van der Waals surface area contributed by atoms with Gasteiger partial charge in [-0.25, -0.2) is 0 Å². The standard InChI is InChI=1S/C11H18O4/c1-10(13)15-11(14)8-6-4-2-3-5-7-9-12/h9H,2-8H2,1H3. The minimum atomic E-state index is -0.550. The van der Waals surface area contributed by atoms with Gasteiger partial charge < -0.3 is 9.53 Å². The Labute approximate surface area is 90.0 Å². The largest absolute Gasteiger partial charge is 0.393 e. The van der Waals surface area contributed by atoms with Gasteiger partial charge >= 0.3 is 11.9 Å². The lowest BCUT2D eigenvalue weighted by Crippen LogP contribution is -2.08. The molecule has 0 N–H and O–H groups in total. The van der Waals surface area contributed by atoms with Crippen LogP contribution in [0.3, 0.4) is 0 Å². The van der Waals surface area contributed by atoms with Gasteiger partial charge in [0.25, 0.3) is 0 Å². The third-order valence-electron chi connectivity index (χ3n) is 1.96. The van der Waals surface area contributed by atoms with Crippen molar-refractivity contribution in [2.75, 3.05) is 0 Å². The first-order valence-corrected chi connectivity index (χ1v) is 5.31. The highest BCUT2D eigenvalue weighted by molar-refractivity contribution is 5.83. The van der Waals surface area contributed by atoms with E-state index in [4.69, 9.17) is 0 Å². The van der Waals surface area contributed by atoms with Gasteiger partial charge in [0.15, 0.2) is 0 Å². The Bertz CT molecular complexity index is 211. The summed E-state index contributed by atoms with van der Waals surface area (Å²) in [5, 5.41) is 0. The maximum absolute atomic E-state index is 10.9. The number of esters is 2. The fourth-order valence-electron chi connectivity index (χ4n) is 1.24. The topological polar surface area (TPSA) is 60.4 Å². The number of unbranched alkanes of at least 4 members (excludes halogenated alkanes) is 5. The fourth-order valence-corrected chi connectivity index (χ4v) is 1.24. The smallest absolute Gasteiger partial charge is 0.313 e. The van der Waals surface area contributed by atoms with E-state index >= 15 is 0 Å². The van der Waals surface area contributed by atoms with E-state index in [0.717, 1.165) is 38.4 Å². The van der Waals surface area contributed by atoms with Crippen LogP contribution >= 0.6 is 0 Å². The molecule has 0 atom stereocenters. The van der Waals surface area contributed by atoms with Gasteiger partial charge in [-0.3, -0.25) is 9.59 Å². The molecule has 15 heavy (non-hydrogen) atoms. The van der Waals surface area contributed by atoms with E-state index in [1.165, 1.54) is 6.92 Å². The fraction of sp³-hybridized carbons (Fsp3) is 0.727. The molecule has 0 saturated carbocycles. The molecule has 0 aliphatic heterocycles. The molecule has 0 saturated heterocycles. The molecular formula is C11H18O4. The van der Waals surface area contributed by atoms with Gasteiger partial charge in [-0.05, 0) is 12.8 Å². The lowest BCUT2D eigenvalue weighted by molar-refractivity contribution is -0.158. The van der Waals surface area contributed by atoms with E-state index in [-0.39, 0.29) is 0 Å². The first kappa shape index (κ1) is 13.8. The van der Waals surface area contributed by atoms with Gasteiger partial charge in [-0.15, -0.1) is 0 Å². The third kappa shape index (κ3) is 10.7.